The number of ether oxygens (including phenoxy) is 1. The van der Waals surface area contributed by atoms with Gasteiger partial charge in [0.15, 0.2) is 6.61 Å². The van der Waals surface area contributed by atoms with Crippen LogP contribution in [0.25, 0.3) is 0 Å². The van der Waals surface area contributed by atoms with Crippen LogP contribution in [-0.2, 0) is 4.79 Å². The molecule has 1 aromatic rings. The van der Waals surface area contributed by atoms with Gasteiger partial charge in [-0.2, -0.15) is 0 Å². The highest BCUT2D eigenvalue weighted by Crippen LogP contribution is 2.24. The van der Waals surface area contributed by atoms with Crippen LogP contribution in [0.2, 0.25) is 5.02 Å². The van der Waals surface area contributed by atoms with Crippen LogP contribution < -0.4 is 4.74 Å². The van der Waals surface area contributed by atoms with E-state index in [2.05, 4.69) is 22.6 Å². The van der Waals surface area contributed by atoms with Crippen LogP contribution >= 0.6 is 34.2 Å². The summed E-state index contributed by atoms with van der Waals surface area (Å²) in [6.45, 7) is 1.81. The number of carbonyl (C=O) groups excluding carboxylic acids is 1. The third kappa shape index (κ3) is 3.48. The van der Waals surface area contributed by atoms with Gasteiger partial charge in [-0.15, -0.1) is 0 Å². The predicted octanol–water partition coefficient (Wildman–Crippen LogP) is 2.95. The van der Waals surface area contributed by atoms with Crippen molar-refractivity contribution in [2.75, 3.05) is 19.7 Å². The van der Waals surface area contributed by atoms with Crippen LogP contribution in [0.3, 0.4) is 0 Å². The van der Waals surface area contributed by atoms with E-state index in [1.165, 1.54) is 0 Å². The quantitative estimate of drug-likeness (QED) is 0.771. The molecule has 2 rings (SSSR count). The van der Waals surface area contributed by atoms with Crippen molar-refractivity contribution in [2.45, 2.75) is 12.8 Å². The molecule has 3 nitrogen and oxygen atoms in total. The fourth-order valence-electron chi connectivity index (χ4n) is 1.79. The second-order valence-corrected chi connectivity index (χ2v) is 5.55. The third-order valence-corrected chi connectivity index (χ3v) is 3.83. The predicted molar refractivity (Wildman–Crippen MR) is 75.5 cm³/mol. The summed E-state index contributed by atoms with van der Waals surface area (Å²) in [6.07, 6.45) is 2.20. The van der Waals surface area contributed by atoms with Crippen molar-refractivity contribution in [3.63, 3.8) is 0 Å². The minimum atomic E-state index is 0.0540. The van der Waals surface area contributed by atoms with Crippen molar-refractivity contribution >= 4 is 40.1 Å². The maximum Gasteiger partial charge on any atom is 0.260 e. The first-order chi connectivity index (χ1) is 8.16. The lowest BCUT2D eigenvalue weighted by atomic mass is 10.3. The Kier molecular flexibility index (Phi) is 4.50. The van der Waals surface area contributed by atoms with Crippen molar-refractivity contribution in [3.8, 4) is 5.75 Å². The monoisotopic (exact) mass is 365 g/mol. The van der Waals surface area contributed by atoms with Crippen LogP contribution in [0.5, 0.6) is 5.75 Å². The van der Waals surface area contributed by atoms with Gasteiger partial charge in [0.2, 0.25) is 0 Å². The second kappa shape index (κ2) is 5.91. The summed E-state index contributed by atoms with van der Waals surface area (Å²) in [7, 11) is 0. The summed E-state index contributed by atoms with van der Waals surface area (Å²) in [5.41, 5.74) is 0. The SMILES string of the molecule is O=C(COc1cc(Cl)ccc1I)N1CCCC1. The van der Waals surface area contributed by atoms with Crippen molar-refractivity contribution in [2.24, 2.45) is 0 Å². The molecule has 1 aliphatic rings. The zero-order valence-corrected chi connectivity index (χ0v) is 12.2. The number of halogens is 2. The Morgan fingerprint density at radius 2 is 2.12 bits per heavy atom. The van der Waals surface area contributed by atoms with Gasteiger partial charge in [0, 0.05) is 18.1 Å². The zero-order valence-electron chi connectivity index (χ0n) is 9.29. The van der Waals surface area contributed by atoms with E-state index in [-0.39, 0.29) is 12.5 Å². The largest absolute Gasteiger partial charge is 0.483 e. The molecule has 0 N–H and O–H groups in total. The Morgan fingerprint density at radius 1 is 1.41 bits per heavy atom. The number of benzene rings is 1. The van der Waals surface area contributed by atoms with Gasteiger partial charge in [0.1, 0.15) is 5.75 Å². The van der Waals surface area contributed by atoms with E-state index >= 15 is 0 Å². The average Bonchev–Trinajstić information content (AvgIpc) is 2.83. The molecule has 1 aliphatic heterocycles. The number of rotatable bonds is 3. The highest BCUT2D eigenvalue weighted by Gasteiger charge is 2.18. The fraction of sp³-hybridized carbons (Fsp3) is 0.417. The lowest BCUT2D eigenvalue weighted by Gasteiger charge is -2.16. The fourth-order valence-corrected chi connectivity index (χ4v) is 2.44. The van der Waals surface area contributed by atoms with Crippen LogP contribution in [0, 0.1) is 3.57 Å². The molecule has 0 unspecified atom stereocenters. The van der Waals surface area contributed by atoms with E-state index < -0.39 is 0 Å². The van der Waals surface area contributed by atoms with E-state index in [9.17, 15) is 4.79 Å². The molecule has 0 aromatic heterocycles. The zero-order chi connectivity index (χ0) is 12.3. The summed E-state index contributed by atoms with van der Waals surface area (Å²) < 4.78 is 6.47. The first-order valence-corrected chi connectivity index (χ1v) is 6.98. The average molecular weight is 366 g/mol. The summed E-state index contributed by atoms with van der Waals surface area (Å²) in [5, 5.41) is 0.619. The summed E-state index contributed by atoms with van der Waals surface area (Å²) in [5.74, 6) is 0.726. The highest BCUT2D eigenvalue weighted by molar-refractivity contribution is 14.1. The molecule has 1 fully saturated rings. The molecule has 0 atom stereocenters. The summed E-state index contributed by atoms with van der Waals surface area (Å²) in [6, 6.07) is 5.41. The molecule has 0 radical (unpaired) electrons. The smallest absolute Gasteiger partial charge is 0.260 e. The number of carbonyl (C=O) groups is 1. The van der Waals surface area contributed by atoms with Gasteiger partial charge in [0.05, 0.1) is 3.57 Å². The first-order valence-electron chi connectivity index (χ1n) is 5.52. The van der Waals surface area contributed by atoms with Crippen LogP contribution in [-0.4, -0.2) is 30.5 Å². The van der Waals surface area contributed by atoms with Crippen molar-refractivity contribution < 1.29 is 9.53 Å². The number of nitrogens with zero attached hydrogens (tertiary/aromatic N) is 1. The summed E-state index contributed by atoms with van der Waals surface area (Å²) >= 11 is 8.04. The summed E-state index contributed by atoms with van der Waals surface area (Å²) in [4.78, 5) is 13.6. The Balaban J connectivity index is 1.92. The Morgan fingerprint density at radius 3 is 2.82 bits per heavy atom. The van der Waals surface area contributed by atoms with Gasteiger partial charge in [-0.05, 0) is 53.6 Å². The number of amides is 1. The molecule has 1 aromatic carbocycles. The van der Waals surface area contributed by atoms with Gasteiger partial charge in [-0.25, -0.2) is 0 Å². The molecule has 0 aliphatic carbocycles. The van der Waals surface area contributed by atoms with Crippen molar-refractivity contribution in [1.29, 1.82) is 0 Å². The van der Waals surface area contributed by atoms with Crippen LogP contribution in [0.4, 0.5) is 0 Å². The lowest BCUT2D eigenvalue weighted by molar-refractivity contribution is -0.132. The second-order valence-electron chi connectivity index (χ2n) is 3.95. The Hall–Kier alpha value is -0.490. The number of hydrogen-bond donors (Lipinski definition) is 0. The molecule has 0 spiro atoms. The maximum atomic E-state index is 11.8. The normalized spacial score (nSPS) is 15.1. The van der Waals surface area contributed by atoms with Gasteiger partial charge >= 0.3 is 0 Å². The van der Waals surface area contributed by atoms with E-state index in [0.29, 0.717) is 10.8 Å². The molecule has 5 heteroatoms. The minimum Gasteiger partial charge on any atom is -0.483 e. The van der Waals surface area contributed by atoms with Gasteiger partial charge in [-0.3, -0.25) is 4.79 Å². The number of hydrogen-bond acceptors (Lipinski definition) is 2. The van der Waals surface area contributed by atoms with E-state index in [4.69, 9.17) is 16.3 Å². The van der Waals surface area contributed by atoms with Crippen LogP contribution in [0.15, 0.2) is 18.2 Å². The molecule has 1 amide bonds. The molecule has 92 valence electrons. The Labute approximate surface area is 119 Å². The Bertz CT molecular complexity index is 419. The van der Waals surface area contributed by atoms with Gasteiger partial charge in [-0.1, -0.05) is 11.6 Å². The molecule has 0 bridgehead atoms. The maximum absolute atomic E-state index is 11.8. The molecule has 17 heavy (non-hydrogen) atoms. The minimum absolute atomic E-state index is 0.0540. The van der Waals surface area contributed by atoms with E-state index in [1.54, 1.807) is 12.1 Å². The number of likely N-dealkylation sites (tertiary alicyclic amines) is 1. The van der Waals surface area contributed by atoms with Gasteiger partial charge < -0.3 is 9.64 Å². The molecular formula is C12H13ClINO2. The highest BCUT2D eigenvalue weighted by atomic mass is 127. The lowest BCUT2D eigenvalue weighted by Crippen LogP contribution is -2.32. The van der Waals surface area contributed by atoms with Gasteiger partial charge in [0.25, 0.3) is 5.91 Å². The van der Waals surface area contributed by atoms with Crippen molar-refractivity contribution in [1.82, 2.24) is 4.90 Å². The van der Waals surface area contributed by atoms with Crippen molar-refractivity contribution in [3.05, 3.63) is 26.8 Å². The molecule has 0 saturated carbocycles. The third-order valence-electron chi connectivity index (χ3n) is 2.70. The first kappa shape index (κ1) is 13.0. The van der Waals surface area contributed by atoms with Crippen LogP contribution in [0.1, 0.15) is 12.8 Å². The van der Waals surface area contributed by atoms with E-state index in [0.717, 1.165) is 29.5 Å². The molecule has 1 saturated heterocycles. The molecule has 1 heterocycles. The standard InChI is InChI=1S/C12H13ClINO2/c13-9-3-4-10(14)11(7-9)17-8-12(16)15-5-1-2-6-15/h3-4,7H,1-2,5-6,8H2. The topological polar surface area (TPSA) is 29.5 Å². The van der Waals surface area contributed by atoms with E-state index in [1.807, 2.05) is 11.0 Å². The molecular weight excluding hydrogens is 352 g/mol.